The van der Waals surface area contributed by atoms with Crippen LogP contribution >= 0.6 is 0 Å². The van der Waals surface area contributed by atoms with Crippen LogP contribution in [0.25, 0.3) is 11.3 Å². The Morgan fingerprint density at radius 3 is 2.89 bits per heavy atom. The van der Waals surface area contributed by atoms with Crippen LogP contribution in [0.5, 0.6) is 5.75 Å². The summed E-state index contributed by atoms with van der Waals surface area (Å²) in [6.45, 7) is 4.39. The first-order chi connectivity index (χ1) is 13.1. The molecule has 0 saturated carbocycles. The van der Waals surface area contributed by atoms with E-state index in [1.165, 1.54) is 0 Å². The minimum Gasteiger partial charge on any atom is -0.488 e. The van der Waals surface area contributed by atoms with Gasteiger partial charge in [0.15, 0.2) is 5.69 Å². The summed E-state index contributed by atoms with van der Waals surface area (Å²) >= 11 is 0. The van der Waals surface area contributed by atoms with Crippen LogP contribution in [-0.2, 0) is 12.8 Å². The Balaban J connectivity index is 1.39. The molecule has 3 aromatic rings. The summed E-state index contributed by atoms with van der Waals surface area (Å²) in [5, 5.41) is 6.66. The van der Waals surface area contributed by atoms with Gasteiger partial charge < -0.3 is 14.6 Å². The van der Waals surface area contributed by atoms with Gasteiger partial charge in [0.05, 0.1) is 12.2 Å². The number of benzene rings is 1. The molecule has 1 aliphatic heterocycles. The summed E-state index contributed by atoms with van der Waals surface area (Å²) in [4.78, 5) is 16.7. The first-order valence-electron chi connectivity index (χ1n) is 9.09. The van der Waals surface area contributed by atoms with Gasteiger partial charge >= 0.3 is 0 Å². The van der Waals surface area contributed by atoms with Gasteiger partial charge in [0.25, 0.3) is 5.91 Å². The molecule has 0 aliphatic carbocycles. The molecule has 27 heavy (non-hydrogen) atoms. The van der Waals surface area contributed by atoms with E-state index in [1.54, 1.807) is 6.07 Å². The van der Waals surface area contributed by atoms with Crippen LogP contribution < -0.4 is 10.1 Å². The fourth-order valence-corrected chi connectivity index (χ4v) is 3.12. The summed E-state index contributed by atoms with van der Waals surface area (Å²) < 4.78 is 11.0. The van der Waals surface area contributed by atoms with Crippen LogP contribution in [0.4, 0.5) is 0 Å². The molecule has 0 radical (unpaired) electrons. The maximum Gasteiger partial charge on any atom is 0.273 e. The molecule has 4 rings (SSSR count). The average molecular weight is 363 g/mol. The number of nitrogens with zero attached hydrogens (tertiary/aromatic N) is 2. The van der Waals surface area contributed by atoms with Crippen LogP contribution in [0.2, 0.25) is 0 Å². The highest BCUT2D eigenvalue weighted by molar-refractivity contribution is 5.92. The normalized spacial score (nSPS) is 15.3. The van der Waals surface area contributed by atoms with Crippen molar-refractivity contribution in [1.82, 2.24) is 15.5 Å². The first kappa shape index (κ1) is 17.3. The molecular formula is C21H21N3O3. The predicted octanol–water partition coefficient (Wildman–Crippen LogP) is 3.34. The van der Waals surface area contributed by atoms with E-state index in [0.29, 0.717) is 24.4 Å². The van der Waals surface area contributed by atoms with E-state index in [2.05, 4.69) is 27.6 Å². The van der Waals surface area contributed by atoms with Crippen molar-refractivity contribution in [1.29, 1.82) is 0 Å². The summed E-state index contributed by atoms with van der Waals surface area (Å²) in [6.07, 6.45) is 3.22. The van der Waals surface area contributed by atoms with Crippen molar-refractivity contribution in [3.63, 3.8) is 0 Å². The zero-order valence-corrected chi connectivity index (χ0v) is 15.4. The minimum absolute atomic E-state index is 0.0947. The molecule has 1 aromatic carbocycles. The van der Waals surface area contributed by atoms with Crippen molar-refractivity contribution in [2.24, 2.45) is 0 Å². The van der Waals surface area contributed by atoms with Gasteiger partial charge in [-0.2, -0.15) is 0 Å². The maximum absolute atomic E-state index is 12.2. The standard InChI is InChI=1S/C21H21N3O3/c1-3-16-10-19(24-27-16)21(25)23-12-17-9-15-8-14(5-7-20(15)26-17)18-6-4-13(2)11-22-18/h4-8,10-11,17H,3,9,12H2,1-2H3,(H,23,25)/t17-/m0/s1. The van der Waals surface area contributed by atoms with Gasteiger partial charge in [-0.15, -0.1) is 0 Å². The number of carbonyl (C=O) groups excluding carboxylic acids is 1. The van der Waals surface area contributed by atoms with Crippen molar-refractivity contribution in [3.05, 3.63) is 65.2 Å². The lowest BCUT2D eigenvalue weighted by molar-refractivity contribution is 0.0924. The third-order valence-corrected chi connectivity index (χ3v) is 4.64. The van der Waals surface area contributed by atoms with Crippen LogP contribution in [0.15, 0.2) is 47.1 Å². The fourth-order valence-electron chi connectivity index (χ4n) is 3.12. The quantitative estimate of drug-likeness (QED) is 0.752. The van der Waals surface area contributed by atoms with Crippen LogP contribution in [0.1, 0.15) is 34.3 Å². The van der Waals surface area contributed by atoms with Crippen LogP contribution in [0, 0.1) is 6.92 Å². The molecule has 6 heteroatoms. The van der Waals surface area contributed by atoms with E-state index in [9.17, 15) is 4.79 Å². The Morgan fingerprint density at radius 1 is 1.26 bits per heavy atom. The number of fused-ring (bicyclic) bond motifs is 1. The van der Waals surface area contributed by atoms with E-state index < -0.39 is 0 Å². The summed E-state index contributed by atoms with van der Waals surface area (Å²) in [7, 11) is 0. The molecule has 0 saturated heterocycles. The van der Waals surface area contributed by atoms with E-state index in [1.807, 2.05) is 38.2 Å². The van der Waals surface area contributed by atoms with E-state index in [4.69, 9.17) is 9.26 Å². The summed E-state index contributed by atoms with van der Waals surface area (Å²) in [5.41, 5.74) is 4.57. The largest absolute Gasteiger partial charge is 0.488 e. The number of hydrogen-bond acceptors (Lipinski definition) is 5. The molecule has 138 valence electrons. The van der Waals surface area contributed by atoms with Crippen molar-refractivity contribution in [3.8, 4) is 17.0 Å². The molecule has 6 nitrogen and oxygen atoms in total. The first-order valence-corrected chi connectivity index (χ1v) is 9.09. The Morgan fingerprint density at radius 2 is 2.15 bits per heavy atom. The lowest BCUT2D eigenvalue weighted by atomic mass is 10.0. The number of ether oxygens (including phenoxy) is 1. The number of carbonyl (C=O) groups is 1. The Labute approximate surface area is 157 Å². The third kappa shape index (κ3) is 3.69. The number of aryl methyl sites for hydroxylation is 2. The second kappa shape index (κ2) is 7.23. The summed E-state index contributed by atoms with van der Waals surface area (Å²) in [5.74, 6) is 1.31. The van der Waals surface area contributed by atoms with Crippen LogP contribution in [0.3, 0.4) is 0 Å². The number of aromatic nitrogens is 2. The molecule has 1 N–H and O–H groups in total. The van der Waals surface area contributed by atoms with Crippen molar-refractivity contribution < 1.29 is 14.1 Å². The minimum atomic E-state index is -0.248. The number of hydrogen-bond donors (Lipinski definition) is 1. The summed E-state index contributed by atoms with van der Waals surface area (Å²) in [6, 6.07) is 11.8. The van der Waals surface area contributed by atoms with Gasteiger partial charge in [-0.05, 0) is 42.3 Å². The number of pyridine rings is 1. The molecule has 0 unspecified atom stereocenters. The third-order valence-electron chi connectivity index (χ3n) is 4.64. The predicted molar refractivity (Wildman–Crippen MR) is 101 cm³/mol. The maximum atomic E-state index is 12.2. The van der Waals surface area contributed by atoms with E-state index in [-0.39, 0.29) is 12.0 Å². The Bertz CT molecular complexity index is 963. The molecule has 2 aromatic heterocycles. The lowest BCUT2D eigenvalue weighted by Gasteiger charge is -2.10. The van der Waals surface area contributed by atoms with Gasteiger partial charge in [-0.3, -0.25) is 9.78 Å². The molecule has 1 aliphatic rings. The van der Waals surface area contributed by atoms with Gasteiger partial charge in [0.1, 0.15) is 17.6 Å². The average Bonchev–Trinajstić information content (AvgIpc) is 3.32. The second-order valence-corrected chi connectivity index (χ2v) is 6.73. The number of amides is 1. The number of nitrogens with one attached hydrogen (secondary N) is 1. The van der Waals surface area contributed by atoms with Crippen molar-refractivity contribution >= 4 is 5.91 Å². The highest BCUT2D eigenvalue weighted by atomic mass is 16.5. The topological polar surface area (TPSA) is 77.2 Å². The lowest BCUT2D eigenvalue weighted by Crippen LogP contribution is -2.34. The van der Waals surface area contributed by atoms with Crippen molar-refractivity contribution in [2.75, 3.05) is 6.54 Å². The molecule has 1 atom stereocenters. The fraction of sp³-hybridized carbons (Fsp3) is 0.286. The van der Waals surface area contributed by atoms with Gasteiger partial charge in [0.2, 0.25) is 0 Å². The van der Waals surface area contributed by atoms with Crippen LogP contribution in [-0.4, -0.2) is 28.7 Å². The molecular weight excluding hydrogens is 342 g/mol. The molecule has 1 amide bonds. The van der Waals surface area contributed by atoms with Gasteiger partial charge in [-0.1, -0.05) is 18.1 Å². The molecule has 0 fully saturated rings. The van der Waals surface area contributed by atoms with E-state index in [0.717, 1.165) is 34.6 Å². The van der Waals surface area contributed by atoms with Crippen molar-refractivity contribution in [2.45, 2.75) is 32.8 Å². The SMILES string of the molecule is CCc1cc(C(=O)NC[C@@H]2Cc3cc(-c4ccc(C)cn4)ccc3O2)no1. The van der Waals surface area contributed by atoms with Gasteiger partial charge in [0, 0.05) is 30.7 Å². The number of rotatable bonds is 5. The highest BCUT2D eigenvalue weighted by Crippen LogP contribution is 2.32. The smallest absolute Gasteiger partial charge is 0.273 e. The molecule has 3 heterocycles. The highest BCUT2D eigenvalue weighted by Gasteiger charge is 2.24. The zero-order valence-electron chi connectivity index (χ0n) is 15.4. The Hall–Kier alpha value is -3.15. The zero-order chi connectivity index (χ0) is 18.8. The van der Waals surface area contributed by atoms with E-state index >= 15 is 0 Å². The van der Waals surface area contributed by atoms with Gasteiger partial charge in [-0.25, -0.2) is 0 Å². The second-order valence-electron chi connectivity index (χ2n) is 6.73. The molecule has 0 bridgehead atoms. The Kier molecular flexibility index (Phi) is 4.62. The molecule has 0 spiro atoms. The monoisotopic (exact) mass is 363 g/mol.